The Labute approximate surface area is 101 Å². The molecule has 0 amide bonds. The fourth-order valence-corrected chi connectivity index (χ4v) is 3.21. The van der Waals surface area contributed by atoms with Gasteiger partial charge >= 0.3 is 5.97 Å². The standard InChI is InChI=1S/C10H18N2O4S/c1-17(15,16)12-6-4-11(5-7-12)9(10(13)14)8-2-3-8/h8-9H,2-7H2,1H3,(H,13,14). The van der Waals surface area contributed by atoms with E-state index in [-0.39, 0.29) is 5.92 Å². The van der Waals surface area contributed by atoms with Gasteiger partial charge in [-0.3, -0.25) is 9.69 Å². The summed E-state index contributed by atoms with van der Waals surface area (Å²) in [5.41, 5.74) is 0. The van der Waals surface area contributed by atoms with Gasteiger partial charge < -0.3 is 5.11 Å². The lowest BCUT2D eigenvalue weighted by atomic mass is 10.1. The Hall–Kier alpha value is -0.660. The molecule has 2 rings (SSSR count). The van der Waals surface area contributed by atoms with E-state index in [4.69, 9.17) is 0 Å². The molecular weight excluding hydrogens is 244 g/mol. The number of aliphatic carboxylic acids is 1. The van der Waals surface area contributed by atoms with Crippen molar-refractivity contribution in [2.45, 2.75) is 18.9 Å². The van der Waals surface area contributed by atoms with Crippen molar-refractivity contribution in [1.29, 1.82) is 0 Å². The summed E-state index contributed by atoms with van der Waals surface area (Å²) in [6.07, 6.45) is 3.14. The van der Waals surface area contributed by atoms with Gasteiger partial charge in [-0.05, 0) is 18.8 Å². The first kappa shape index (κ1) is 12.8. The minimum absolute atomic E-state index is 0.261. The van der Waals surface area contributed by atoms with Gasteiger partial charge in [0.1, 0.15) is 6.04 Å². The highest BCUT2D eigenvalue weighted by molar-refractivity contribution is 7.88. The van der Waals surface area contributed by atoms with Crippen LogP contribution in [0.4, 0.5) is 0 Å². The Morgan fingerprint density at radius 1 is 1.24 bits per heavy atom. The van der Waals surface area contributed by atoms with E-state index in [1.54, 1.807) is 0 Å². The van der Waals surface area contributed by atoms with Gasteiger partial charge in [0.15, 0.2) is 0 Å². The molecule has 1 aliphatic heterocycles. The smallest absolute Gasteiger partial charge is 0.321 e. The molecule has 0 aromatic heterocycles. The molecule has 6 nitrogen and oxygen atoms in total. The van der Waals surface area contributed by atoms with Gasteiger partial charge in [0.25, 0.3) is 0 Å². The maximum Gasteiger partial charge on any atom is 0.321 e. The fourth-order valence-electron chi connectivity index (χ4n) is 2.38. The molecule has 1 unspecified atom stereocenters. The van der Waals surface area contributed by atoms with Crippen molar-refractivity contribution < 1.29 is 18.3 Å². The zero-order valence-electron chi connectivity index (χ0n) is 9.87. The van der Waals surface area contributed by atoms with E-state index < -0.39 is 22.0 Å². The number of nitrogens with zero attached hydrogens (tertiary/aromatic N) is 2. The number of hydrogen-bond acceptors (Lipinski definition) is 4. The molecule has 1 N–H and O–H groups in total. The van der Waals surface area contributed by atoms with E-state index in [1.807, 2.05) is 4.90 Å². The summed E-state index contributed by atoms with van der Waals surface area (Å²) in [5.74, 6) is -0.516. The summed E-state index contributed by atoms with van der Waals surface area (Å²) in [6, 6.07) is -0.420. The summed E-state index contributed by atoms with van der Waals surface area (Å²) in [7, 11) is -3.14. The first-order chi connectivity index (χ1) is 7.89. The van der Waals surface area contributed by atoms with Crippen LogP contribution in [0.1, 0.15) is 12.8 Å². The van der Waals surface area contributed by atoms with Crippen LogP contribution < -0.4 is 0 Å². The highest BCUT2D eigenvalue weighted by Crippen LogP contribution is 2.35. The van der Waals surface area contributed by atoms with Gasteiger partial charge in [-0.1, -0.05) is 0 Å². The first-order valence-corrected chi connectivity index (χ1v) is 7.66. The van der Waals surface area contributed by atoms with Crippen LogP contribution >= 0.6 is 0 Å². The van der Waals surface area contributed by atoms with Crippen LogP contribution in [-0.4, -0.2) is 67.2 Å². The lowest BCUT2D eigenvalue weighted by Crippen LogP contribution is -2.54. The number of hydrogen-bond donors (Lipinski definition) is 1. The molecule has 1 aliphatic carbocycles. The quantitative estimate of drug-likeness (QED) is 0.734. The van der Waals surface area contributed by atoms with Crippen LogP contribution in [0.2, 0.25) is 0 Å². The van der Waals surface area contributed by atoms with Crippen molar-refractivity contribution in [1.82, 2.24) is 9.21 Å². The third kappa shape index (κ3) is 2.97. The Morgan fingerprint density at radius 3 is 2.12 bits per heavy atom. The second-order valence-corrected chi connectivity index (χ2v) is 6.80. The van der Waals surface area contributed by atoms with Crippen molar-refractivity contribution in [3.8, 4) is 0 Å². The van der Waals surface area contributed by atoms with Crippen molar-refractivity contribution in [3.63, 3.8) is 0 Å². The van der Waals surface area contributed by atoms with Crippen molar-refractivity contribution in [3.05, 3.63) is 0 Å². The normalized spacial score (nSPS) is 25.7. The molecular formula is C10H18N2O4S. The maximum absolute atomic E-state index is 11.3. The maximum atomic E-state index is 11.3. The molecule has 2 fully saturated rings. The summed E-state index contributed by atoms with van der Waals surface area (Å²) in [6.45, 7) is 1.83. The summed E-state index contributed by atoms with van der Waals surface area (Å²) < 4.78 is 24.1. The van der Waals surface area contributed by atoms with E-state index in [9.17, 15) is 18.3 Å². The number of sulfonamides is 1. The zero-order valence-corrected chi connectivity index (χ0v) is 10.7. The molecule has 17 heavy (non-hydrogen) atoms. The van der Waals surface area contributed by atoms with Crippen LogP contribution in [0.15, 0.2) is 0 Å². The summed E-state index contributed by atoms with van der Waals surface area (Å²) in [4.78, 5) is 13.1. The molecule has 1 heterocycles. The average molecular weight is 262 g/mol. The zero-order chi connectivity index (χ0) is 12.6. The number of carboxylic acid groups (broad SMARTS) is 1. The predicted molar refractivity (Wildman–Crippen MR) is 62.1 cm³/mol. The largest absolute Gasteiger partial charge is 0.480 e. The van der Waals surface area contributed by atoms with Gasteiger partial charge in [-0.2, -0.15) is 4.31 Å². The highest BCUT2D eigenvalue weighted by Gasteiger charge is 2.41. The molecule has 0 aromatic carbocycles. The molecule has 1 saturated heterocycles. The molecule has 1 saturated carbocycles. The molecule has 0 aromatic rings. The van der Waals surface area contributed by atoms with Gasteiger partial charge in [0.05, 0.1) is 6.26 Å². The first-order valence-electron chi connectivity index (χ1n) is 5.81. The van der Waals surface area contributed by atoms with Crippen LogP contribution in [0.25, 0.3) is 0 Å². The molecule has 2 aliphatic rings. The number of carbonyl (C=O) groups is 1. The third-order valence-electron chi connectivity index (χ3n) is 3.46. The van der Waals surface area contributed by atoms with Crippen LogP contribution in [0, 0.1) is 5.92 Å². The predicted octanol–water partition coefficient (Wildman–Crippen LogP) is -0.573. The monoisotopic (exact) mass is 262 g/mol. The lowest BCUT2D eigenvalue weighted by Gasteiger charge is -2.36. The second kappa shape index (κ2) is 4.55. The highest BCUT2D eigenvalue weighted by atomic mass is 32.2. The number of piperazine rings is 1. The second-order valence-electron chi connectivity index (χ2n) is 4.82. The molecule has 98 valence electrons. The van der Waals surface area contributed by atoms with E-state index in [1.165, 1.54) is 10.6 Å². The Bertz CT molecular complexity index is 397. The summed E-state index contributed by atoms with van der Waals surface area (Å²) >= 11 is 0. The van der Waals surface area contributed by atoms with Gasteiger partial charge in [-0.15, -0.1) is 0 Å². The average Bonchev–Trinajstić information content (AvgIpc) is 3.01. The minimum Gasteiger partial charge on any atom is -0.480 e. The lowest BCUT2D eigenvalue weighted by molar-refractivity contribution is -0.144. The SMILES string of the molecule is CS(=O)(=O)N1CCN(C(C(=O)O)C2CC2)CC1. The Balaban J connectivity index is 1.96. The Kier molecular flexibility index (Phi) is 3.42. The third-order valence-corrected chi connectivity index (χ3v) is 4.76. The topological polar surface area (TPSA) is 77.9 Å². The van der Waals surface area contributed by atoms with E-state index in [0.717, 1.165) is 12.8 Å². The number of rotatable bonds is 4. The van der Waals surface area contributed by atoms with E-state index in [2.05, 4.69) is 0 Å². The van der Waals surface area contributed by atoms with Crippen molar-refractivity contribution in [2.24, 2.45) is 5.92 Å². The summed E-state index contributed by atoms with van der Waals surface area (Å²) in [5, 5.41) is 9.19. The number of carboxylic acids is 1. The van der Waals surface area contributed by atoms with Crippen molar-refractivity contribution >= 4 is 16.0 Å². The molecule has 0 radical (unpaired) electrons. The van der Waals surface area contributed by atoms with Gasteiger partial charge in [0.2, 0.25) is 10.0 Å². The fraction of sp³-hybridized carbons (Fsp3) is 0.900. The van der Waals surface area contributed by atoms with Crippen LogP contribution in [0.5, 0.6) is 0 Å². The van der Waals surface area contributed by atoms with Gasteiger partial charge in [-0.25, -0.2) is 8.42 Å². The Morgan fingerprint density at radius 2 is 1.76 bits per heavy atom. The molecule has 7 heteroatoms. The molecule has 0 spiro atoms. The molecule has 0 bridgehead atoms. The minimum atomic E-state index is -3.14. The van der Waals surface area contributed by atoms with Crippen molar-refractivity contribution in [2.75, 3.05) is 32.4 Å². The van der Waals surface area contributed by atoms with E-state index >= 15 is 0 Å². The van der Waals surface area contributed by atoms with Gasteiger partial charge in [0, 0.05) is 26.2 Å². The van der Waals surface area contributed by atoms with Crippen LogP contribution in [-0.2, 0) is 14.8 Å². The van der Waals surface area contributed by atoms with Crippen LogP contribution in [0.3, 0.4) is 0 Å². The molecule has 1 atom stereocenters. The van der Waals surface area contributed by atoms with E-state index in [0.29, 0.717) is 26.2 Å².